The number of rotatable bonds is 2. The van der Waals surface area contributed by atoms with Crippen molar-refractivity contribution in [3.63, 3.8) is 0 Å². The van der Waals surface area contributed by atoms with Crippen LogP contribution >= 0.6 is 23.2 Å². The van der Waals surface area contributed by atoms with Crippen LogP contribution in [0.15, 0.2) is 48.5 Å². The van der Waals surface area contributed by atoms with Gasteiger partial charge in [0.25, 0.3) is 0 Å². The normalized spacial score (nSPS) is 9.62. The summed E-state index contributed by atoms with van der Waals surface area (Å²) >= 11 is 11.5. The van der Waals surface area contributed by atoms with E-state index in [4.69, 9.17) is 23.2 Å². The quantitative estimate of drug-likeness (QED) is 0.532. The van der Waals surface area contributed by atoms with Crippen molar-refractivity contribution in [2.75, 3.05) is 0 Å². The molecule has 0 aliphatic heterocycles. The molecular weight excluding hydrogens is 377 g/mol. The summed E-state index contributed by atoms with van der Waals surface area (Å²) in [6.45, 7) is 0. The Labute approximate surface area is 122 Å². The van der Waals surface area contributed by atoms with E-state index in [-0.39, 0.29) is 33.6 Å². The number of hydrogen-bond donors (Lipinski definition) is 0. The molecule has 0 unspecified atom stereocenters. The van der Waals surface area contributed by atoms with E-state index in [1.54, 1.807) is 0 Å². The van der Waals surface area contributed by atoms with Gasteiger partial charge in [-0.1, -0.05) is 23.2 Å². The van der Waals surface area contributed by atoms with Crippen molar-refractivity contribution in [2.24, 2.45) is 0 Å². The Morgan fingerprint density at radius 1 is 0.625 bits per heavy atom. The van der Waals surface area contributed by atoms with Crippen molar-refractivity contribution in [1.82, 2.24) is 0 Å². The highest BCUT2D eigenvalue weighted by Crippen LogP contribution is 2.05. The van der Waals surface area contributed by atoms with Gasteiger partial charge in [-0.2, -0.15) is 0 Å². The molecule has 0 heterocycles. The van der Waals surface area contributed by atoms with Gasteiger partial charge < -0.3 is 12.4 Å². The lowest BCUT2D eigenvalue weighted by molar-refractivity contribution is -0.597. The summed E-state index contributed by atoms with van der Waals surface area (Å²) in [5.74, 6) is 0. The largest absolute Gasteiger partial charge is 1.00 e. The van der Waals surface area contributed by atoms with Crippen molar-refractivity contribution >= 4 is 23.2 Å². The molecule has 0 amide bonds. The molecule has 0 aliphatic rings. The molecule has 84 valence electrons. The molecule has 0 atom stereocenters. The van der Waals surface area contributed by atoms with E-state index in [9.17, 15) is 0 Å². The van der Waals surface area contributed by atoms with Crippen LogP contribution in [0.1, 0.15) is 0 Å². The molecule has 0 aliphatic carbocycles. The molecule has 0 N–H and O–H groups in total. The molecule has 2 aromatic carbocycles. The third-order valence-electron chi connectivity index (χ3n) is 1.83. The molecule has 0 bridgehead atoms. The van der Waals surface area contributed by atoms with E-state index in [1.807, 2.05) is 24.3 Å². The minimum Gasteiger partial charge on any atom is -1.00 e. The maximum absolute atomic E-state index is 5.83. The van der Waals surface area contributed by atoms with Gasteiger partial charge in [0.05, 0.1) is 0 Å². The molecule has 0 fully saturated rings. The van der Waals surface area contributed by atoms with Gasteiger partial charge in [0.15, 0.2) is 7.14 Å². The van der Waals surface area contributed by atoms with Gasteiger partial charge in [0, 0.05) is 10.0 Å². The van der Waals surface area contributed by atoms with E-state index in [0.29, 0.717) is 0 Å². The highest BCUT2D eigenvalue weighted by Gasteiger charge is 2.14. The fraction of sp³-hybridized carbons (Fsp3) is 0. The van der Waals surface area contributed by atoms with Crippen molar-refractivity contribution in [3.8, 4) is 0 Å². The zero-order valence-corrected chi connectivity index (χ0v) is 12.6. The van der Waals surface area contributed by atoms with Crippen LogP contribution in [0.5, 0.6) is 0 Å². The first kappa shape index (κ1) is 14.1. The Balaban J connectivity index is 0.00000128. The van der Waals surface area contributed by atoms with Crippen LogP contribution in [0.4, 0.5) is 0 Å². The van der Waals surface area contributed by atoms with Crippen LogP contribution < -0.4 is 33.6 Å². The number of benzene rings is 2. The van der Waals surface area contributed by atoms with Gasteiger partial charge in [-0.05, 0) is 48.5 Å². The summed E-state index contributed by atoms with van der Waals surface area (Å²) in [6, 6.07) is 16.1. The smallest absolute Gasteiger partial charge is 0.357 e. The van der Waals surface area contributed by atoms with Crippen LogP contribution in [0, 0.1) is 7.14 Å². The fourth-order valence-electron chi connectivity index (χ4n) is 1.11. The highest BCUT2D eigenvalue weighted by molar-refractivity contribution is 6.30. The minimum atomic E-state index is -0.114. The number of hydrogen-bond acceptors (Lipinski definition) is 0. The van der Waals surface area contributed by atoms with Crippen molar-refractivity contribution in [2.45, 2.75) is 0 Å². The second kappa shape index (κ2) is 6.70. The van der Waals surface area contributed by atoms with Gasteiger partial charge in [-0.3, -0.25) is 0 Å². The van der Waals surface area contributed by atoms with Crippen LogP contribution in [-0.2, 0) is 0 Å². The third kappa shape index (κ3) is 4.13. The van der Waals surface area contributed by atoms with Crippen molar-refractivity contribution < 1.29 is 33.6 Å². The predicted molar refractivity (Wildman–Crippen MR) is 60.3 cm³/mol. The highest BCUT2D eigenvalue weighted by atomic mass is 127. The zero-order valence-electron chi connectivity index (χ0n) is 8.13. The van der Waals surface area contributed by atoms with Crippen LogP contribution in [0.3, 0.4) is 0 Å². The Morgan fingerprint density at radius 3 is 1.25 bits per heavy atom. The van der Waals surface area contributed by atoms with Crippen molar-refractivity contribution in [1.29, 1.82) is 0 Å². The SMILES string of the molecule is Clc1ccc([I+]c2ccc(Cl)cc2)cc1.[Cl-]. The summed E-state index contributed by atoms with van der Waals surface area (Å²) in [5.41, 5.74) is 0. The molecule has 0 spiro atoms. The van der Waals surface area contributed by atoms with E-state index in [1.165, 1.54) is 7.14 Å². The topological polar surface area (TPSA) is 0 Å². The Morgan fingerprint density at radius 2 is 0.938 bits per heavy atom. The second-order valence-corrected chi connectivity index (χ2v) is 6.87. The first-order valence-corrected chi connectivity index (χ1v) is 7.31. The molecule has 2 aromatic rings. The first-order chi connectivity index (χ1) is 7.24. The summed E-state index contributed by atoms with van der Waals surface area (Å²) in [5, 5.41) is 1.58. The summed E-state index contributed by atoms with van der Waals surface area (Å²) in [4.78, 5) is 0. The van der Waals surface area contributed by atoms with Crippen LogP contribution in [0.25, 0.3) is 0 Å². The monoisotopic (exact) mass is 384 g/mol. The molecule has 4 heteroatoms. The average Bonchev–Trinajstić information content (AvgIpc) is 2.25. The zero-order chi connectivity index (χ0) is 10.7. The van der Waals surface area contributed by atoms with E-state index >= 15 is 0 Å². The Bertz CT molecular complexity index is 393. The van der Waals surface area contributed by atoms with E-state index < -0.39 is 0 Å². The second-order valence-electron chi connectivity index (χ2n) is 2.97. The molecule has 0 aromatic heterocycles. The molecule has 0 nitrogen and oxygen atoms in total. The molecule has 2 rings (SSSR count). The molecule has 0 radical (unpaired) electrons. The lowest BCUT2D eigenvalue weighted by Gasteiger charge is -1.89. The minimum absolute atomic E-state index is 0. The van der Waals surface area contributed by atoms with E-state index in [0.717, 1.165) is 10.0 Å². The third-order valence-corrected chi connectivity index (χ3v) is 5.01. The summed E-state index contributed by atoms with van der Waals surface area (Å²) < 4.78 is 2.72. The Hall–Kier alpha value is 0.0400. The van der Waals surface area contributed by atoms with Gasteiger partial charge in [-0.25, -0.2) is 0 Å². The Kier molecular flexibility index (Phi) is 5.90. The molecule has 16 heavy (non-hydrogen) atoms. The average molecular weight is 385 g/mol. The predicted octanol–water partition coefficient (Wildman–Crippen LogP) is -1.87. The summed E-state index contributed by atoms with van der Waals surface area (Å²) in [7, 11) is 0. The first-order valence-electron chi connectivity index (χ1n) is 4.40. The lowest BCUT2D eigenvalue weighted by atomic mass is 10.4. The lowest BCUT2D eigenvalue weighted by Crippen LogP contribution is -3.61. The van der Waals surface area contributed by atoms with Crippen LogP contribution in [-0.4, -0.2) is 0 Å². The van der Waals surface area contributed by atoms with Crippen molar-refractivity contribution in [3.05, 3.63) is 65.7 Å². The molecule has 0 saturated heterocycles. The van der Waals surface area contributed by atoms with Gasteiger partial charge >= 0.3 is 21.2 Å². The fourth-order valence-corrected chi connectivity index (χ4v) is 3.52. The van der Waals surface area contributed by atoms with E-state index in [2.05, 4.69) is 24.3 Å². The standard InChI is InChI=1S/C12H8Cl2I.ClH/c13-9-1-5-11(6-2-9)15-12-7-3-10(14)4-8-12;/h1-8H;1H/q+1;/p-1. The van der Waals surface area contributed by atoms with Gasteiger partial charge in [0.2, 0.25) is 0 Å². The number of halogens is 4. The maximum Gasteiger partial charge on any atom is 0.357 e. The van der Waals surface area contributed by atoms with Gasteiger partial charge in [-0.15, -0.1) is 0 Å². The molecule has 0 saturated carbocycles. The summed E-state index contributed by atoms with van der Waals surface area (Å²) in [6.07, 6.45) is 0. The van der Waals surface area contributed by atoms with Gasteiger partial charge in [0.1, 0.15) is 0 Å². The maximum atomic E-state index is 5.83. The van der Waals surface area contributed by atoms with Crippen LogP contribution in [0.2, 0.25) is 10.0 Å². The molecular formula is C12H8Cl3I.